The van der Waals surface area contributed by atoms with E-state index in [1.165, 1.54) is 62.4 Å². The Bertz CT molecular complexity index is 1160. The van der Waals surface area contributed by atoms with Crippen LogP contribution in [0.1, 0.15) is 75.3 Å². The molecule has 0 radical (unpaired) electrons. The summed E-state index contributed by atoms with van der Waals surface area (Å²) in [6.07, 6.45) is 13.5. The van der Waals surface area contributed by atoms with Gasteiger partial charge in [0, 0.05) is 16.1 Å². The first kappa shape index (κ1) is 25.5. The summed E-state index contributed by atoms with van der Waals surface area (Å²) in [6, 6.07) is 12.7. The molecule has 2 saturated carbocycles. The van der Waals surface area contributed by atoms with E-state index >= 15 is 0 Å². The first-order chi connectivity index (χ1) is 17.6. The molecular weight excluding hydrogens is 539 g/mol. The largest absolute Gasteiger partial charge is 0.488 e. The van der Waals surface area contributed by atoms with Crippen LogP contribution in [-0.2, 0) is 11.4 Å². The van der Waals surface area contributed by atoms with E-state index in [1.54, 1.807) is 6.07 Å². The van der Waals surface area contributed by atoms with Crippen LogP contribution in [0.5, 0.6) is 5.75 Å². The van der Waals surface area contributed by atoms with E-state index in [9.17, 15) is 9.18 Å². The van der Waals surface area contributed by atoms with E-state index in [0.717, 1.165) is 46.5 Å². The molecule has 5 rings (SSSR count). The molecule has 2 aliphatic carbocycles. The quantitative estimate of drug-likeness (QED) is 0.329. The van der Waals surface area contributed by atoms with Gasteiger partial charge in [0.25, 0.3) is 5.91 Å². The van der Waals surface area contributed by atoms with Gasteiger partial charge in [-0.25, -0.2) is 4.39 Å². The van der Waals surface area contributed by atoms with E-state index in [0.29, 0.717) is 16.7 Å². The lowest BCUT2D eigenvalue weighted by atomic mass is 9.94. The summed E-state index contributed by atoms with van der Waals surface area (Å²) >= 11 is 5.07. The Morgan fingerprint density at radius 1 is 1.03 bits per heavy atom. The van der Waals surface area contributed by atoms with Crippen molar-refractivity contribution in [3.63, 3.8) is 0 Å². The number of hydrogen-bond acceptors (Lipinski definition) is 4. The topological polar surface area (TPSA) is 41.9 Å². The van der Waals surface area contributed by atoms with Crippen LogP contribution in [0.3, 0.4) is 0 Å². The van der Waals surface area contributed by atoms with Crippen LogP contribution in [0.2, 0.25) is 0 Å². The molecule has 3 aliphatic rings. The summed E-state index contributed by atoms with van der Waals surface area (Å²) in [7, 11) is 0. The second-order valence-corrected chi connectivity index (χ2v) is 11.8. The standard InChI is InChI=1S/C29H32BrFN2O2S/c30-22-14-15-26(35-19-20-8-7-9-23(31)16-20)21(17-22)18-27-28(34)33(25-12-5-2-6-13-25)29(36-27)32-24-10-3-1-4-11-24/h7-9,14-18,24-25H,1-6,10-13,19H2. The number of carbonyl (C=O) groups is 1. The molecule has 7 heteroatoms. The zero-order valence-electron chi connectivity index (χ0n) is 20.4. The summed E-state index contributed by atoms with van der Waals surface area (Å²) in [5.41, 5.74) is 1.58. The van der Waals surface area contributed by atoms with Gasteiger partial charge in [0.2, 0.25) is 0 Å². The van der Waals surface area contributed by atoms with E-state index in [-0.39, 0.29) is 24.4 Å². The SMILES string of the molecule is O=C1C(=Cc2cc(Br)ccc2OCc2cccc(F)c2)SC(=NC2CCCCC2)N1C1CCCCC1. The third-order valence-corrected chi connectivity index (χ3v) is 8.68. The average molecular weight is 572 g/mol. The lowest BCUT2D eigenvalue weighted by Crippen LogP contribution is -2.41. The molecule has 0 atom stereocenters. The number of amidine groups is 1. The van der Waals surface area contributed by atoms with Crippen LogP contribution >= 0.6 is 27.7 Å². The highest BCUT2D eigenvalue weighted by molar-refractivity contribution is 9.10. The number of thioether (sulfide) groups is 1. The second-order valence-electron chi connectivity index (χ2n) is 9.88. The number of hydrogen-bond donors (Lipinski definition) is 0. The number of aliphatic imine (C=N–C) groups is 1. The van der Waals surface area contributed by atoms with Gasteiger partial charge in [0.05, 0.1) is 10.9 Å². The minimum atomic E-state index is -0.283. The van der Waals surface area contributed by atoms with Crippen LogP contribution in [-0.4, -0.2) is 28.1 Å². The van der Waals surface area contributed by atoms with Crippen molar-refractivity contribution in [2.45, 2.75) is 82.9 Å². The fourth-order valence-corrected chi connectivity index (χ4v) is 6.78. The average Bonchev–Trinajstić information content (AvgIpc) is 3.19. The normalized spacial score (nSPS) is 22.1. The summed E-state index contributed by atoms with van der Waals surface area (Å²) in [4.78, 5) is 21.5. The molecule has 0 N–H and O–H groups in total. The van der Waals surface area contributed by atoms with Crippen LogP contribution in [0.25, 0.3) is 6.08 Å². The lowest BCUT2D eigenvalue weighted by Gasteiger charge is -2.31. The van der Waals surface area contributed by atoms with Gasteiger partial charge in [0.1, 0.15) is 18.2 Å². The van der Waals surface area contributed by atoms with Crippen molar-refractivity contribution in [2.75, 3.05) is 0 Å². The van der Waals surface area contributed by atoms with E-state index in [2.05, 4.69) is 15.9 Å². The second kappa shape index (κ2) is 12.0. The fraction of sp³-hybridized carbons (Fsp3) is 0.448. The Balaban J connectivity index is 1.42. The minimum Gasteiger partial charge on any atom is -0.488 e. The molecule has 1 amide bonds. The van der Waals surface area contributed by atoms with Gasteiger partial charge in [0.15, 0.2) is 5.17 Å². The molecule has 2 aromatic rings. The lowest BCUT2D eigenvalue weighted by molar-refractivity contribution is -0.124. The number of ether oxygens (including phenoxy) is 1. The first-order valence-corrected chi connectivity index (χ1v) is 14.7. The molecular formula is C29H32BrFN2O2S. The molecule has 1 saturated heterocycles. The maximum Gasteiger partial charge on any atom is 0.267 e. The van der Waals surface area contributed by atoms with E-state index < -0.39 is 0 Å². The molecule has 0 aromatic heterocycles. The summed E-state index contributed by atoms with van der Waals surface area (Å²) < 4.78 is 20.6. The molecule has 0 spiro atoms. The van der Waals surface area contributed by atoms with Gasteiger partial charge in [-0.1, -0.05) is 66.6 Å². The van der Waals surface area contributed by atoms with Crippen molar-refractivity contribution in [1.29, 1.82) is 0 Å². The smallest absolute Gasteiger partial charge is 0.267 e. The number of halogens is 2. The Labute approximate surface area is 225 Å². The van der Waals surface area contributed by atoms with Gasteiger partial charge in [-0.05, 0) is 79.4 Å². The molecule has 3 fully saturated rings. The highest BCUT2D eigenvalue weighted by Gasteiger charge is 2.39. The Morgan fingerprint density at radius 3 is 2.53 bits per heavy atom. The Hall–Kier alpha value is -2.12. The predicted octanol–water partition coefficient (Wildman–Crippen LogP) is 8.10. The Kier molecular flexibility index (Phi) is 8.47. The van der Waals surface area contributed by atoms with Crippen molar-refractivity contribution in [2.24, 2.45) is 4.99 Å². The molecule has 2 aromatic carbocycles. The van der Waals surface area contributed by atoms with Crippen molar-refractivity contribution in [3.05, 3.63) is 68.8 Å². The number of amides is 1. The maximum atomic E-state index is 13.7. The number of benzene rings is 2. The highest BCUT2D eigenvalue weighted by Crippen LogP contribution is 2.39. The maximum absolute atomic E-state index is 13.7. The third-order valence-electron chi connectivity index (χ3n) is 7.19. The molecule has 0 bridgehead atoms. The van der Waals surface area contributed by atoms with Gasteiger partial charge in [-0.3, -0.25) is 14.7 Å². The van der Waals surface area contributed by atoms with E-state index in [1.807, 2.05) is 35.2 Å². The monoisotopic (exact) mass is 570 g/mol. The van der Waals surface area contributed by atoms with Crippen LogP contribution in [0.4, 0.5) is 4.39 Å². The highest BCUT2D eigenvalue weighted by atomic mass is 79.9. The third kappa shape index (κ3) is 6.23. The van der Waals surface area contributed by atoms with Crippen LogP contribution in [0.15, 0.2) is 56.8 Å². The van der Waals surface area contributed by atoms with Gasteiger partial charge < -0.3 is 4.74 Å². The number of nitrogens with zero attached hydrogens (tertiary/aromatic N) is 2. The molecule has 1 aliphatic heterocycles. The van der Waals surface area contributed by atoms with Crippen LogP contribution < -0.4 is 4.74 Å². The number of carbonyl (C=O) groups excluding carboxylic acids is 1. The van der Waals surface area contributed by atoms with E-state index in [4.69, 9.17) is 9.73 Å². The molecule has 0 unspecified atom stereocenters. The Morgan fingerprint density at radius 2 is 1.78 bits per heavy atom. The first-order valence-electron chi connectivity index (χ1n) is 13.0. The summed E-state index contributed by atoms with van der Waals surface area (Å²) in [5.74, 6) is 0.428. The predicted molar refractivity (Wildman–Crippen MR) is 148 cm³/mol. The molecule has 190 valence electrons. The van der Waals surface area contributed by atoms with Gasteiger partial charge in [-0.2, -0.15) is 0 Å². The van der Waals surface area contributed by atoms with Crippen molar-refractivity contribution in [3.8, 4) is 5.75 Å². The number of rotatable bonds is 6. The summed E-state index contributed by atoms with van der Waals surface area (Å²) in [5, 5.41) is 0.877. The molecule has 4 nitrogen and oxygen atoms in total. The fourth-order valence-electron chi connectivity index (χ4n) is 5.30. The minimum absolute atomic E-state index is 0.0533. The van der Waals surface area contributed by atoms with Crippen LogP contribution in [0, 0.1) is 5.82 Å². The van der Waals surface area contributed by atoms with Crippen molar-refractivity contribution < 1.29 is 13.9 Å². The van der Waals surface area contributed by atoms with Crippen molar-refractivity contribution in [1.82, 2.24) is 4.90 Å². The van der Waals surface area contributed by atoms with Gasteiger partial charge >= 0.3 is 0 Å². The molecule has 36 heavy (non-hydrogen) atoms. The molecule has 1 heterocycles. The summed E-state index contributed by atoms with van der Waals surface area (Å²) in [6.45, 7) is 0.249. The van der Waals surface area contributed by atoms with Gasteiger partial charge in [-0.15, -0.1) is 0 Å². The zero-order valence-corrected chi connectivity index (χ0v) is 22.8. The zero-order chi connectivity index (χ0) is 24.9. The van der Waals surface area contributed by atoms with Crippen molar-refractivity contribution >= 4 is 44.8 Å².